The van der Waals surface area contributed by atoms with Crippen LogP contribution in [0.4, 0.5) is 4.39 Å². The van der Waals surface area contributed by atoms with Crippen LogP contribution in [-0.2, 0) is 13.0 Å². The lowest BCUT2D eigenvalue weighted by atomic mass is 9.90. The summed E-state index contributed by atoms with van der Waals surface area (Å²) in [5.74, 6) is -0.0850. The third-order valence-electron chi connectivity index (χ3n) is 7.44. The zero-order valence-electron chi connectivity index (χ0n) is 21.8. The molecule has 0 radical (unpaired) electrons. The predicted octanol–water partition coefficient (Wildman–Crippen LogP) is 3.25. The summed E-state index contributed by atoms with van der Waals surface area (Å²) in [5.41, 5.74) is 1.79. The molecule has 10 nitrogen and oxygen atoms in total. The average molecular weight is 543 g/mol. The molecule has 1 fully saturated rings. The second kappa shape index (κ2) is 10.2. The van der Waals surface area contributed by atoms with Gasteiger partial charge in [-0.1, -0.05) is 35.5 Å². The van der Waals surface area contributed by atoms with Crippen LogP contribution in [0.15, 0.2) is 76.4 Å². The molecule has 1 aliphatic heterocycles. The Morgan fingerprint density at radius 1 is 1.10 bits per heavy atom. The zero-order valence-corrected chi connectivity index (χ0v) is 21.8. The molecule has 0 bridgehead atoms. The van der Waals surface area contributed by atoms with Crippen molar-refractivity contribution in [3.8, 4) is 11.3 Å². The Hall–Kier alpha value is -4.64. The van der Waals surface area contributed by atoms with E-state index < -0.39 is 11.2 Å². The lowest BCUT2D eigenvalue weighted by Gasteiger charge is -2.38. The van der Waals surface area contributed by atoms with E-state index in [1.54, 1.807) is 24.0 Å². The van der Waals surface area contributed by atoms with Crippen molar-refractivity contribution in [3.05, 3.63) is 106 Å². The highest BCUT2D eigenvalue weighted by Gasteiger charge is 2.36. The molecule has 5 aromatic rings. The fourth-order valence-electron chi connectivity index (χ4n) is 5.19. The first-order valence-corrected chi connectivity index (χ1v) is 13.0. The van der Waals surface area contributed by atoms with Gasteiger partial charge >= 0.3 is 0 Å². The fraction of sp³-hybridized carbons (Fsp3) is 0.276. The summed E-state index contributed by atoms with van der Waals surface area (Å²) < 4.78 is 21.4. The third-order valence-corrected chi connectivity index (χ3v) is 7.44. The molecule has 11 heteroatoms. The van der Waals surface area contributed by atoms with Gasteiger partial charge in [-0.25, -0.2) is 13.9 Å². The Morgan fingerprint density at radius 2 is 1.82 bits per heavy atom. The van der Waals surface area contributed by atoms with Crippen molar-refractivity contribution < 1.29 is 18.8 Å². The Kier molecular flexibility index (Phi) is 6.51. The first-order valence-electron chi connectivity index (χ1n) is 13.0. The van der Waals surface area contributed by atoms with Gasteiger partial charge in [0.15, 0.2) is 0 Å². The molecule has 0 atom stereocenters. The van der Waals surface area contributed by atoms with Crippen LogP contribution in [0.25, 0.3) is 16.9 Å². The number of carbonyl (C=O) groups is 1. The summed E-state index contributed by atoms with van der Waals surface area (Å²) in [6.45, 7) is 2.36. The highest BCUT2D eigenvalue weighted by Crippen LogP contribution is 2.27. The van der Waals surface area contributed by atoms with Crippen LogP contribution in [0.5, 0.6) is 0 Å². The molecule has 0 spiro atoms. The first kappa shape index (κ1) is 25.6. The van der Waals surface area contributed by atoms with Gasteiger partial charge in [0.25, 0.3) is 11.5 Å². The van der Waals surface area contributed by atoms with Gasteiger partial charge in [-0.15, -0.1) is 0 Å². The molecule has 1 N–H and O–H groups in total. The van der Waals surface area contributed by atoms with E-state index in [9.17, 15) is 19.1 Å². The number of nitrogens with zero attached hydrogens (tertiary/aromatic N) is 6. The van der Waals surface area contributed by atoms with Crippen molar-refractivity contribution in [3.63, 3.8) is 0 Å². The average Bonchev–Trinajstić information content (AvgIpc) is 3.55. The monoisotopic (exact) mass is 542 g/mol. The van der Waals surface area contributed by atoms with E-state index in [1.165, 1.54) is 33.7 Å². The fourth-order valence-corrected chi connectivity index (χ4v) is 5.19. The summed E-state index contributed by atoms with van der Waals surface area (Å²) in [6, 6.07) is 15.6. The van der Waals surface area contributed by atoms with Crippen molar-refractivity contribution in [2.24, 2.45) is 0 Å². The maximum Gasteiger partial charge on any atom is 0.296 e. The molecule has 6 rings (SSSR count). The second-order valence-corrected chi connectivity index (χ2v) is 10.2. The highest BCUT2D eigenvalue weighted by molar-refractivity contribution is 5.96. The third kappa shape index (κ3) is 4.79. The molecule has 40 heavy (non-hydrogen) atoms. The molecule has 204 valence electrons. The summed E-state index contributed by atoms with van der Waals surface area (Å²) in [7, 11) is 0. The zero-order chi connectivity index (χ0) is 27.9. The summed E-state index contributed by atoms with van der Waals surface area (Å²) in [5, 5.41) is 19.8. The molecular formula is C29H27FN6O4. The number of fused-ring (bicyclic) bond motifs is 1. The Balaban J connectivity index is 1.16. The molecule has 3 aromatic heterocycles. The van der Waals surface area contributed by atoms with E-state index in [1.807, 2.05) is 30.3 Å². The molecule has 0 aliphatic carbocycles. The number of aryl methyl sites for hydroxylation is 1. The molecule has 2 aromatic carbocycles. The van der Waals surface area contributed by atoms with Gasteiger partial charge in [-0.2, -0.15) is 5.10 Å². The highest BCUT2D eigenvalue weighted by atomic mass is 19.1. The van der Waals surface area contributed by atoms with Gasteiger partial charge in [0.1, 0.15) is 29.2 Å². The van der Waals surface area contributed by atoms with Gasteiger partial charge in [0, 0.05) is 25.1 Å². The van der Waals surface area contributed by atoms with Crippen LogP contribution in [-0.4, -0.2) is 58.9 Å². The lowest BCUT2D eigenvalue weighted by Crippen LogP contribution is -2.50. The van der Waals surface area contributed by atoms with Crippen LogP contribution < -0.4 is 5.56 Å². The molecule has 4 heterocycles. The second-order valence-electron chi connectivity index (χ2n) is 10.2. The summed E-state index contributed by atoms with van der Waals surface area (Å²) in [6.07, 6.45) is 3.93. The van der Waals surface area contributed by atoms with Crippen molar-refractivity contribution in [1.29, 1.82) is 0 Å². The van der Waals surface area contributed by atoms with E-state index in [-0.39, 0.29) is 36.8 Å². The van der Waals surface area contributed by atoms with E-state index in [0.29, 0.717) is 47.8 Å². The standard InChI is InChI=1S/C29H27FN6O4/c1-19-25(23(33-40-19)15-20-5-3-2-4-6-20)27(37)34-13-11-29(39,12-14-34)17-35-18-32-36-24(16-31-26(36)28(35)38)21-7-9-22(30)10-8-21/h2-10,16,18,39H,11-15,17H2,1H3. The Bertz CT molecular complexity index is 1730. The number of aromatic nitrogens is 5. The number of halogens is 1. The van der Waals surface area contributed by atoms with Gasteiger partial charge in [-0.3, -0.25) is 14.2 Å². The maximum atomic E-state index is 13.4. The molecule has 1 saturated heterocycles. The van der Waals surface area contributed by atoms with Crippen LogP contribution in [0.2, 0.25) is 0 Å². The largest absolute Gasteiger partial charge is 0.388 e. The van der Waals surface area contributed by atoms with Crippen LogP contribution in [0, 0.1) is 12.7 Å². The molecular weight excluding hydrogens is 515 g/mol. The number of aliphatic hydroxyl groups is 1. The van der Waals surface area contributed by atoms with Crippen molar-refractivity contribution in [2.75, 3.05) is 13.1 Å². The number of hydrogen-bond donors (Lipinski definition) is 1. The summed E-state index contributed by atoms with van der Waals surface area (Å²) in [4.78, 5) is 32.5. The lowest BCUT2D eigenvalue weighted by molar-refractivity contribution is -0.0300. The minimum absolute atomic E-state index is 0.0155. The Labute approximate surface area is 228 Å². The van der Waals surface area contributed by atoms with E-state index in [4.69, 9.17) is 4.52 Å². The molecule has 1 amide bonds. The quantitative estimate of drug-likeness (QED) is 0.350. The van der Waals surface area contributed by atoms with Crippen molar-refractivity contribution in [2.45, 2.75) is 38.3 Å². The van der Waals surface area contributed by atoms with E-state index >= 15 is 0 Å². The number of rotatable bonds is 6. The molecule has 1 aliphatic rings. The number of amides is 1. The van der Waals surface area contributed by atoms with E-state index in [2.05, 4.69) is 15.2 Å². The van der Waals surface area contributed by atoms with Gasteiger partial charge in [0.05, 0.1) is 24.0 Å². The van der Waals surface area contributed by atoms with Gasteiger partial charge < -0.3 is 14.5 Å². The number of likely N-dealkylation sites (tertiary alicyclic amines) is 1. The van der Waals surface area contributed by atoms with Crippen LogP contribution >= 0.6 is 0 Å². The number of benzene rings is 2. The number of piperidine rings is 1. The van der Waals surface area contributed by atoms with Crippen molar-refractivity contribution in [1.82, 2.24) is 29.2 Å². The normalized spacial score (nSPS) is 15.0. The topological polar surface area (TPSA) is 119 Å². The van der Waals surface area contributed by atoms with Crippen LogP contribution in [0.1, 0.15) is 40.2 Å². The first-order chi connectivity index (χ1) is 19.3. The molecule has 0 unspecified atom stereocenters. The smallest absolute Gasteiger partial charge is 0.296 e. The minimum Gasteiger partial charge on any atom is -0.388 e. The molecule has 0 saturated carbocycles. The van der Waals surface area contributed by atoms with Crippen molar-refractivity contribution >= 4 is 11.6 Å². The number of imidazole rings is 1. The maximum absolute atomic E-state index is 13.4. The van der Waals surface area contributed by atoms with Crippen LogP contribution in [0.3, 0.4) is 0 Å². The predicted molar refractivity (Wildman–Crippen MR) is 143 cm³/mol. The minimum atomic E-state index is -1.20. The SMILES string of the molecule is Cc1onc(Cc2ccccc2)c1C(=O)N1CCC(O)(Cn2cnn3c(-c4ccc(F)cc4)cnc3c2=O)CC1. The van der Waals surface area contributed by atoms with Gasteiger partial charge in [0.2, 0.25) is 5.65 Å². The van der Waals surface area contributed by atoms with Gasteiger partial charge in [-0.05, 0) is 49.6 Å². The number of hydrogen-bond acceptors (Lipinski definition) is 7. The van der Waals surface area contributed by atoms with E-state index in [0.717, 1.165) is 5.56 Å². The number of carbonyl (C=O) groups excluding carboxylic acids is 1. The Morgan fingerprint density at radius 3 is 2.55 bits per heavy atom. The summed E-state index contributed by atoms with van der Waals surface area (Å²) >= 11 is 0.